The number of carbonyl (C=O) groups is 1. The monoisotopic (exact) mass is 380 g/mol. The summed E-state index contributed by atoms with van der Waals surface area (Å²) in [5.41, 5.74) is 7.86. The Morgan fingerprint density at radius 3 is 2.75 bits per heavy atom. The van der Waals surface area contributed by atoms with Crippen molar-refractivity contribution in [2.24, 2.45) is 11.7 Å². The predicted molar refractivity (Wildman–Crippen MR) is 107 cm³/mol. The quantitative estimate of drug-likeness (QED) is 0.680. The maximum Gasteiger partial charge on any atom is 0.224 e. The van der Waals surface area contributed by atoms with Crippen LogP contribution in [0.1, 0.15) is 32.0 Å². The van der Waals surface area contributed by atoms with Crippen molar-refractivity contribution in [1.29, 1.82) is 0 Å². The number of benzene rings is 1. The Kier molecular flexibility index (Phi) is 4.85. The van der Waals surface area contributed by atoms with Gasteiger partial charge in [0.05, 0.1) is 12.8 Å². The third kappa shape index (κ3) is 3.49. The fraction of sp³-hybridized carbons (Fsp3) is 0.400. The number of aromatic nitrogens is 4. The van der Waals surface area contributed by atoms with Gasteiger partial charge in [-0.05, 0) is 57.4 Å². The molecule has 2 atom stereocenters. The van der Waals surface area contributed by atoms with Crippen LogP contribution in [0.2, 0.25) is 0 Å². The van der Waals surface area contributed by atoms with Gasteiger partial charge in [0.1, 0.15) is 17.1 Å². The van der Waals surface area contributed by atoms with Crippen molar-refractivity contribution in [1.82, 2.24) is 19.5 Å². The highest BCUT2D eigenvalue weighted by Crippen LogP contribution is 2.28. The van der Waals surface area contributed by atoms with E-state index in [1.165, 1.54) is 0 Å². The number of anilines is 1. The van der Waals surface area contributed by atoms with E-state index in [1.54, 1.807) is 6.20 Å². The molecule has 8 heteroatoms. The molecule has 1 amide bonds. The summed E-state index contributed by atoms with van der Waals surface area (Å²) in [4.78, 5) is 25.0. The second-order valence-corrected chi connectivity index (χ2v) is 7.08. The number of nitrogens with one attached hydrogen (secondary N) is 1. The SMILES string of the molecule is CCOc1ccc(-n2c(C)nc3cnc(NC4CCC(C(N)=O)C4)nc32)cc1. The van der Waals surface area contributed by atoms with Gasteiger partial charge in [0.25, 0.3) is 0 Å². The molecule has 28 heavy (non-hydrogen) atoms. The average molecular weight is 380 g/mol. The van der Waals surface area contributed by atoms with Gasteiger partial charge in [0.15, 0.2) is 5.65 Å². The second-order valence-electron chi connectivity index (χ2n) is 7.08. The first kappa shape index (κ1) is 18.2. The lowest BCUT2D eigenvalue weighted by Gasteiger charge is -2.13. The van der Waals surface area contributed by atoms with E-state index in [2.05, 4.69) is 15.3 Å². The van der Waals surface area contributed by atoms with Crippen LogP contribution in [0.15, 0.2) is 30.5 Å². The molecule has 0 saturated heterocycles. The lowest BCUT2D eigenvalue weighted by atomic mass is 10.1. The Hall–Kier alpha value is -3.16. The van der Waals surface area contributed by atoms with Gasteiger partial charge in [-0.2, -0.15) is 4.98 Å². The lowest BCUT2D eigenvalue weighted by molar-refractivity contribution is -0.121. The molecule has 0 spiro atoms. The molecule has 2 heterocycles. The van der Waals surface area contributed by atoms with Gasteiger partial charge in [0, 0.05) is 17.6 Å². The minimum Gasteiger partial charge on any atom is -0.494 e. The normalized spacial score (nSPS) is 19.1. The van der Waals surface area contributed by atoms with Crippen molar-refractivity contribution < 1.29 is 9.53 Å². The summed E-state index contributed by atoms with van der Waals surface area (Å²) in [7, 11) is 0. The number of hydrogen-bond donors (Lipinski definition) is 2. The zero-order chi connectivity index (χ0) is 19.7. The van der Waals surface area contributed by atoms with Crippen LogP contribution < -0.4 is 15.8 Å². The number of primary amides is 1. The fourth-order valence-electron chi connectivity index (χ4n) is 3.78. The van der Waals surface area contributed by atoms with Crippen LogP contribution in [0.5, 0.6) is 5.75 Å². The lowest BCUT2D eigenvalue weighted by Crippen LogP contribution is -2.23. The Bertz CT molecular complexity index is 998. The van der Waals surface area contributed by atoms with E-state index in [-0.39, 0.29) is 17.9 Å². The van der Waals surface area contributed by atoms with E-state index in [9.17, 15) is 4.79 Å². The number of amides is 1. The maximum atomic E-state index is 11.4. The Morgan fingerprint density at radius 1 is 1.29 bits per heavy atom. The molecule has 146 valence electrons. The largest absolute Gasteiger partial charge is 0.494 e. The van der Waals surface area contributed by atoms with Gasteiger partial charge >= 0.3 is 0 Å². The smallest absolute Gasteiger partial charge is 0.224 e. The van der Waals surface area contributed by atoms with Crippen molar-refractivity contribution in [2.45, 2.75) is 39.2 Å². The molecular weight excluding hydrogens is 356 g/mol. The number of carbonyl (C=O) groups excluding carboxylic acids is 1. The van der Waals surface area contributed by atoms with Crippen LogP contribution >= 0.6 is 0 Å². The Balaban J connectivity index is 1.62. The topological polar surface area (TPSA) is 108 Å². The highest BCUT2D eigenvalue weighted by Gasteiger charge is 2.28. The summed E-state index contributed by atoms with van der Waals surface area (Å²) < 4.78 is 7.52. The zero-order valence-electron chi connectivity index (χ0n) is 16.1. The van der Waals surface area contributed by atoms with Crippen molar-refractivity contribution in [3.05, 3.63) is 36.3 Å². The van der Waals surface area contributed by atoms with E-state index in [0.717, 1.165) is 41.3 Å². The fourth-order valence-corrected chi connectivity index (χ4v) is 3.78. The molecular formula is C20H24N6O2. The summed E-state index contributed by atoms with van der Waals surface area (Å²) in [5, 5.41) is 3.34. The van der Waals surface area contributed by atoms with Gasteiger partial charge < -0.3 is 15.8 Å². The van der Waals surface area contributed by atoms with Gasteiger partial charge in [0.2, 0.25) is 11.9 Å². The molecule has 1 aliphatic carbocycles. The molecule has 0 radical (unpaired) electrons. The number of imidazole rings is 1. The number of rotatable bonds is 6. The summed E-state index contributed by atoms with van der Waals surface area (Å²) >= 11 is 0. The molecule has 8 nitrogen and oxygen atoms in total. The van der Waals surface area contributed by atoms with Crippen molar-refractivity contribution >= 4 is 23.0 Å². The van der Waals surface area contributed by atoms with E-state index >= 15 is 0 Å². The van der Waals surface area contributed by atoms with Crippen LogP contribution in [-0.2, 0) is 4.79 Å². The van der Waals surface area contributed by atoms with Crippen LogP contribution in [-0.4, -0.2) is 38.1 Å². The number of nitrogens with two attached hydrogens (primary N) is 1. The zero-order valence-corrected chi connectivity index (χ0v) is 16.1. The molecule has 0 bridgehead atoms. The van der Waals surface area contributed by atoms with Crippen molar-refractivity contribution in [3.8, 4) is 11.4 Å². The maximum absolute atomic E-state index is 11.4. The Morgan fingerprint density at radius 2 is 2.07 bits per heavy atom. The molecule has 1 fully saturated rings. The van der Waals surface area contributed by atoms with E-state index in [4.69, 9.17) is 15.5 Å². The third-order valence-electron chi connectivity index (χ3n) is 5.14. The molecule has 0 aliphatic heterocycles. The molecule has 1 aliphatic rings. The van der Waals surface area contributed by atoms with Gasteiger partial charge in [-0.15, -0.1) is 0 Å². The summed E-state index contributed by atoms with van der Waals surface area (Å²) in [6, 6.07) is 8.00. The number of nitrogens with zero attached hydrogens (tertiary/aromatic N) is 4. The highest BCUT2D eigenvalue weighted by atomic mass is 16.5. The minimum absolute atomic E-state index is 0.0714. The average Bonchev–Trinajstić information content (AvgIpc) is 3.26. The second kappa shape index (κ2) is 7.46. The highest BCUT2D eigenvalue weighted by molar-refractivity contribution is 5.77. The molecule has 2 aromatic heterocycles. The first-order valence-corrected chi connectivity index (χ1v) is 9.56. The van der Waals surface area contributed by atoms with E-state index in [0.29, 0.717) is 19.0 Å². The first-order valence-electron chi connectivity index (χ1n) is 9.56. The predicted octanol–water partition coefficient (Wildman–Crippen LogP) is 2.59. The summed E-state index contributed by atoms with van der Waals surface area (Å²) in [5.74, 6) is 1.90. The van der Waals surface area contributed by atoms with Crippen molar-refractivity contribution in [2.75, 3.05) is 11.9 Å². The molecule has 3 N–H and O–H groups in total. The van der Waals surface area contributed by atoms with Crippen LogP contribution in [0.25, 0.3) is 16.9 Å². The summed E-state index contributed by atoms with van der Waals surface area (Å²) in [6.45, 7) is 4.54. The standard InChI is InChI=1S/C20H24N6O2/c1-3-28-16-8-6-15(7-9-16)26-12(2)23-17-11-22-20(25-19(17)26)24-14-5-4-13(10-14)18(21)27/h6-9,11,13-14H,3-5,10H2,1-2H3,(H2,21,27)(H,22,24,25). The van der Waals surface area contributed by atoms with Crippen LogP contribution in [0.4, 0.5) is 5.95 Å². The molecule has 2 unspecified atom stereocenters. The van der Waals surface area contributed by atoms with Crippen LogP contribution in [0, 0.1) is 12.8 Å². The minimum atomic E-state index is -0.232. The number of ether oxygens (including phenoxy) is 1. The molecule has 4 rings (SSSR count). The van der Waals surface area contributed by atoms with Gasteiger partial charge in [-0.1, -0.05) is 0 Å². The number of hydrogen-bond acceptors (Lipinski definition) is 6. The van der Waals surface area contributed by atoms with E-state index < -0.39 is 0 Å². The van der Waals surface area contributed by atoms with Crippen molar-refractivity contribution in [3.63, 3.8) is 0 Å². The van der Waals surface area contributed by atoms with Gasteiger partial charge in [-0.25, -0.2) is 9.97 Å². The molecule has 1 aromatic carbocycles. The molecule has 1 saturated carbocycles. The van der Waals surface area contributed by atoms with Crippen LogP contribution in [0.3, 0.4) is 0 Å². The van der Waals surface area contributed by atoms with E-state index in [1.807, 2.05) is 42.7 Å². The number of aryl methyl sites for hydroxylation is 1. The Labute approximate surface area is 163 Å². The molecule has 3 aromatic rings. The van der Waals surface area contributed by atoms with Gasteiger partial charge in [-0.3, -0.25) is 9.36 Å². The number of fused-ring (bicyclic) bond motifs is 1. The summed E-state index contributed by atoms with van der Waals surface area (Å²) in [6.07, 6.45) is 4.13. The first-order chi connectivity index (χ1) is 13.5. The third-order valence-corrected chi connectivity index (χ3v) is 5.14.